The van der Waals surface area contributed by atoms with Crippen molar-refractivity contribution in [2.24, 2.45) is 0 Å². The zero-order valence-electron chi connectivity index (χ0n) is 17.4. The highest BCUT2D eigenvalue weighted by atomic mass is 35.5. The van der Waals surface area contributed by atoms with Crippen LogP contribution in [0.3, 0.4) is 0 Å². The molecular formula is C24H23ClN2O4S. The van der Waals surface area contributed by atoms with Gasteiger partial charge in [-0.15, -0.1) is 0 Å². The minimum absolute atomic E-state index is 0.0953. The Morgan fingerprint density at radius 2 is 1.50 bits per heavy atom. The minimum atomic E-state index is -3.58. The van der Waals surface area contributed by atoms with Gasteiger partial charge < -0.3 is 14.5 Å². The van der Waals surface area contributed by atoms with Gasteiger partial charge in [-0.1, -0.05) is 35.9 Å². The van der Waals surface area contributed by atoms with Crippen LogP contribution in [0.4, 0.5) is 5.69 Å². The third kappa shape index (κ3) is 5.06. The fourth-order valence-corrected chi connectivity index (χ4v) is 5.04. The number of carbonyl (C=O) groups is 1. The number of anilines is 1. The van der Waals surface area contributed by atoms with E-state index in [1.165, 1.54) is 12.1 Å². The smallest absolute Gasteiger partial charge is 0.260 e. The summed E-state index contributed by atoms with van der Waals surface area (Å²) in [6.45, 7) is 2.55. The van der Waals surface area contributed by atoms with E-state index in [1.54, 1.807) is 47.4 Å². The number of carbonyl (C=O) groups excluding carboxylic acids is 1. The lowest BCUT2D eigenvalue weighted by Gasteiger charge is -2.36. The number of piperazine rings is 1. The number of benzene rings is 3. The number of sulfone groups is 1. The minimum Gasteiger partial charge on any atom is -0.484 e. The second kappa shape index (κ2) is 9.63. The Morgan fingerprint density at radius 1 is 0.844 bits per heavy atom. The first kappa shape index (κ1) is 22.2. The molecule has 1 aliphatic heterocycles. The predicted molar refractivity (Wildman–Crippen MR) is 124 cm³/mol. The standard InChI is InChI=1S/C24H23ClN2O4S/c25-19-5-4-6-20(17-19)26-13-15-27(16-14-26)24(28)18-31-21-9-11-23(12-10-21)32(29,30)22-7-2-1-3-8-22/h1-12,17H,13-16,18H2. The zero-order chi connectivity index (χ0) is 22.6. The highest BCUT2D eigenvalue weighted by Crippen LogP contribution is 2.23. The summed E-state index contributed by atoms with van der Waals surface area (Å²) in [6, 6.07) is 22.1. The van der Waals surface area contributed by atoms with Crippen molar-refractivity contribution in [1.29, 1.82) is 0 Å². The van der Waals surface area contributed by atoms with E-state index in [0.29, 0.717) is 23.9 Å². The predicted octanol–water partition coefficient (Wildman–Crippen LogP) is 3.90. The number of hydrogen-bond donors (Lipinski definition) is 0. The van der Waals surface area contributed by atoms with Crippen molar-refractivity contribution in [2.75, 3.05) is 37.7 Å². The van der Waals surface area contributed by atoms with Gasteiger partial charge in [0, 0.05) is 36.9 Å². The van der Waals surface area contributed by atoms with E-state index in [0.717, 1.165) is 18.8 Å². The van der Waals surface area contributed by atoms with Gasteiger partial charge in [-0.2, -0.15) is 0 Å². The van der Waals surface area contributed by atoms with Crippen LogP contribution in [0.2, 0.25) is 5.02 Å². The molecule has 0 bridgehead atoms. The molecule has 1 amide bonds. The Balaban J connectivity index is 1.30. The number of rotatable bonds is 6. The van der Waals surface area contributed by atoms with E-state index in [1.807, 2.05) is 24.3 Å². The summed E-state index contributed by atoms with van der Waals surface area (Å²) in [7, 11) is -3.58. The van der Waals surface area contributed by atoms with Gasteiger partial charge in [-0.05, 0) is 54.6 Å². The molecule has 0 aromatic heterocycles. The van der Waals surface area contributed by atoms with Gasteiger partial charge in [-0.25, -0.2) is 8.42 Å². The first-order valence-electron chi connectivity index (χ1n) is 10.2. The van der Waals surface area contributed by atoms with Crippen LogP contribution in [-0.4, -0.2) is 52.0 Å². The maximum Gasteiger partial charge on any atom is 0.260 e. The van der Waals surface area contributed by atoms with Crippen LogP contribution < -0.4 is 9.64 Å². The van der Waals surface area contributed by atoms with Crippen LogP contribution in [0.15, 0.2) is 88.7 Å². The van der Waals surface area contributed by atoms with Crippen molar-refractivity contribution < 1.29 is 17.9 Å². The molecule has 0 aliphatic carbocycles. The second-order valence-electron chi connectivity index (χ2n) is 7.42. The molecule has 0 atom stereocenters. The fraction of sp³-hybridized carbons (Fsp3) is 0.208. The molecule has 1 fully saturated rings. The third-order valence-electron chi connectivity index (χ3n) is 5.36. The molecule has 8 heteroatoms. The van der Waals surface area contributed by atoms with Crippen LogP contribution in [0.5, 0.6) is 5.75 Å². The van der Waals surface area contributed by atoms with Gasteiger partial charge in [-0.3, -0.25) is 4.79 Å². The SMILES string of the molecule is O=C(COc1ccc(S(=O)(=O)c2ccccc2)cc1)N1CCN(c2cccc(Cl)c2)CC1. The molecule has 166 valence electrons. The summed E-state index contributed by atoms with van der Waals surface area (Å²) in [5.41, 5.74) is 1.05. The van der Waals surface area contributed by atoms with Gasteiger partial charge >= 0.3 is 0 Å². The molecule has 1 saturated heterocycles. The van der Waals surface area contributed by atoms with Crippen LogP contribution in [-0.2, 0) is 14.6 Å². The Morgan fingerprint density at radius 3 is 2.16 bits per heavy atom. The number of hydrogen-bond acceptors (Lipinski definition) is 5. The second-order valence-corrected chi connectivity index (χ2v) is 9.81. The lowest BCUT2D eigenvalue weighted by Crippen LogP contribution is -2.50. The van der Waals surface area contributed by atoms with Crippen LogP contribution >= 0.6 is 11.6 Å². The molecule has 1 aliphatic rings. The summed E-state index contributed by atoms with van der Waals surface area (Å²) in [6.07, 6.45) is 0. The van der Waals surface area contributed by atoms with Crippen molar-refractivity contribution in [3.8, 4) is 5.75 Å². The molecule has 1 heterocycles. The normalized spacial score (nSPS) is 14.3. The number of nitrogens with zero attached hydrogens (tertiary/aromatic N) is 2. The lowest BCUT2D eigenvalue weighted by atomic mass is 10.2. The lowest BCUT2D eigenvalue weighted by molar-refractivity contribution is -0.133. The molecule has 0 radical (unpaired) electrons. The monoisotopic (exact) mass is 470 g/mol. The van der Waals surface area contributed by atoms with Crippen LogP contribution in [0, 0.1) is 0 Å². The van der Waals surface area contributed by atoms with E-state index in [2.05, 4.69) is 4.90 Å². The summed E-state index contributed by atoms with van der Waals surface area (Å²) in [4.78, 5) is 16.9. The Hall–Kier alpha value is -3.03. The largest absolute Gasteiger partial charge is 0.484 e. The molecular weight excluding hydrogens is 448 g/mol. The van der Waals surface area contributed by atoms with Crippen molar-refractivity contribution in [3.63, 3.8) is 0 Å². The molecule has 0 saturated carbocycles. The summed E-state index contributed by atoms with van der Waals surface area (Å²) in [5, 5.41) is 0.692. The van der Waals surface area contributed by atoms with E-state index in [-0.39, 0.29) is 22.3 Å². The summed E-state index contributed by atoms with van der Waals surface area (Å²) < 4.78 is 30.9. The van der Waals surface area contributed by atoms with Crippen LogP contribution in [0.1, 0.15) is 0 Å². The van der Waals surface area contributed by atoms with E-state index >= 15 is 0 Å². The van der Waals surface area contributed by atoms with E-state index in [4.69, 9.17) is 16.3 Å². The maximum absolute atomic E-state index is 12.7. The highest BCUT2D eigenvalue weighted by Gasteiger charge is 2.22. The zero-order valence-corrected chi connectivity index (χ0v) is 18.9. The van der Waals surface area contributed by atoms with E-state index in [9.17, 15) is 13.2 Å². The first-order chi connectivity index (χ1) is 15.4. The Labute approximate surface area is 192 Å². The van der Waals surface area contributed by atoms with E-state index < -0.39 is 9.84 Å². The molecule has 32 heavy (non-hydrogen) atoms. The molecule has 4 rings (SSSR count). The van der Waals surface area contributed by atoms with Gasteiger partial charge in [0.15, 0.2) is 6.61 Å². The number of ether oxygens (including phenoxy) is 1. The van der Waals surface area contributed by atoms with Crippen LogP contribution in [0.25, 0.3) is 0 Å². The Kier molecular flexibility index (Phi) is 6.67. The maximum atomic E-state index is 12.7. The first-order valence-corrected chi connectivity index (χ1v) is 12.1. The van der Waals surface area contributed by atoms with Crippen molar-refractivity contribution >= 4 is 33.0 Å². The summed E-state index contributed by atoms with van der Waals surface area (Å²) >= 11 is 6.07. The summed E-state index contributed by atoms with van der Waals surface area (Å²) in [5.74, 6) is 0.347. The topological polar surface area (TPSA) is 66.9 Å². The van der Waals surface area contributed by atoms with Gasteiger partial charge in [0.1, 0.15) is 5.75 Å². The third-order valence-corrected chi connectivity index (χ3v) is 7.38. The fourth-order valence-electron chi connectivity index (χ4n) is 3.57. The van der Waals surface area contributed by atoms with Gasteiger partial charge in [0.2, 0.25) is 9.84 Å². The molecule has 6 nitrogen and oxygen atoms in total. The molecule has 0 spiro atoms. The number of amides is 1. The Bertz CT molecular complexity index is 1180. The van der Waals surface area contributed by atoms with Gasteiger partial charge in [0.25, 0.3) is 5.91 Å². The van der Waals surface area contributed by atoms with Crippen molar-refractivity contribution in [3.05, 3.63) is 83.9 Å². The van der Waals surface area contributed by atoms with Crippen molar-refractivity contribution in [1.82, 2.24) is 4.90 Å². The quantitative estimate of drug-likeness (QED) is 0.546. The highest BCUT2D eigenvalue weighted by molar-refractivity contribution is 7.91. The molecule has 0 N–H and O–H groups in total. The number of halogens is 1. The molecule has 3 aromatic rings. The average Bonchev–Trinajstić information content (AvgIpc) is 2.83. The van der Waals surface area contributed by atoms with Gasteiger partial charge in [0.05, 0.1) is 9.79 Å². The average molecular weight is 471 g/mol. The molecule has 0 unspecified atom stereocenters. The van der Waals surface area contributed by atoms with Crippen molar-refractivity contribution in [2.45, 2.75) is 9.79 Å². The molecule has 3 aromatic carbocycles.